The zero-order valence-corrected chi connectivity index (χ0v) is 16.3. The van der Waals surface area contributed by atoms with Gasteiger partial charge in [-0.15, -0.1) is 0 Å². The lowest BCUT2D eigenvalue weighted by atomic mass is 10.0. The maximum atomic E-state index is 12.8. The van der Waals surface area contributed by atoms with Gasteiger partial charge in [-0.05, 0) is 42.7 Å². The van der Waals surface area contributed by atoms with Crippen LogP contribution in [0.3, 0.4) is 0 Å². The molecule has 0 N–H and O–H groups in total. The second kappa shape index (κ2) is 7.02. The first kappa shape index (κ1) is 18.9. The molecule has 0 aromatic heterocycles. The SMILES string of the molecule is CN(CC1CCc2ccc(S(=O)(=O)c3ccccc3)cc2O1)S(C)(=O)=O. The highest BCUT2D eigenvalue weighted by Crippen LogP contribution is 2.32. The van der Waals surface area contributed by atoms with Crippen LogP contribution in [0.25, 0.3) is 0 Å². The Bertz CT molecular complexity index is 1000. The van der Waals surface area contributed by atoms with Crippen LogP contribution in [0.1, 0.15) is 12.0 Å². The van der Waals surface area contributed by atoms with E-state index in [1.54, 1.807) is 42.5 Å². The summed E-state index contributed by atoms with van der Waals surface area (Å²) in [5.74, 6) is 0.500. The maximum absolute atomic E-state index is 12.8. The van der Waals surface area contributed by atoms with Gasteiger partial charge in [0.15, 0.2) is 0 Å². The summed E-state index contributed by atoms with van der Waals surface area (Å²) in [5.41, 5.74) is 0.926. The molecule has 140 valence electrons. The van der Waals surface area contributed by atoms with Gasteiger partial charge in [-0.25, -0.2) is 21.1 Å². The second-order valence-electron chi connectivity index (χ2n) is 6.41. The standard InChI is InChI=1S/C18H21NO5S2/c1-19(25(2,20)21)13-15-10-8-14-9-11-17(12-18(14)24-15)26(22,23)16-6-4-3-5-7-16/h3-7,9,11-12,15H,8,10,13H2,1-2H3. The number of nitrogens with zero attached hydrogens (tertiary/aromatic N) is 1. The molecule has 8 heteroatoms. The van der Waals surface area contributed by atoms with Gasteiger partial charge in [-0.2, -0.15) is 0 Å². The molecule has 0 saturated carbocycles. The molecule has 1 aliphatic heterocycles. The Hall–Kier alpha value is -1.90. The summed E-state index contributed by atoms with van der Waals surface area (Å²) < 4.78 is 55.8. The Balaban J connectivity index is 1.86. The van der Waals surface area contributed by atoms with Crippen LogP contribution in [-0.2, 0) is 26.3 Å². The fourth-order valence-electron chi connectivity index (χ4n) is 2.86. The molecule has 0 fully saturated rings. The number of benzene rings is 2. The summed E-state index contributed by atoms with van der Waals surface area (Å²) in [6.45, 7) is 0.230. The largest absolute Gasteiger partial charge is 0.489 e. The topological polar surface area (TPSA) is 80.8 Å². The average molecular weight is 396 g/mol. The van der Waals surface area contributed by atoms with E-state index >= 15 is 0 Å². The zero-order valence-electron chi connectivity index (χ0n) is 14.6. The highest BCUT2D eigenvalue weighted by Gasteiger charge is 2.26. The number of aryl methyl sites for hydroxylation is 1. The highest BCUT2D eigenvalue weighted by atomic mass is 32.2. The first-order valence-corrected chi connectivity index (χ1v) is 11.5. The van der Waals surface area contributed by atoms with Crippen molar-refractivity contribution < 1.29 is 21.6 Å². The normalized spacial score (nSPS) is 17.6. The molecule has 3 rings (SSSR count). The Morgan fingerprint density at radius 1 is 1.04 bits per heavy atom. The molecule has 26 heavy (non-hydrogen) atoms. The molecule has 2 aromatic carbocycles. The van der Waals surface area contributed by atoms with Gasteiger partial charge in [-0.3, -0.25) is 0 Å². The van der Waals surface area contributed by atoms with E-state index in [4.69, 9.17) is 4.74 Å². The van der Waals surface area contributed by atoms with Crippen molar-refractivity contribution in [3.8, 4) is 5.75 Å². The van der Waals surface area contributed by atoms with E-state index in [2.05, 4.69) is 0 Å². The van der Waals surface area contributed by atoms with Crippen molar-refractivity contribution in [3.63, 3.8) is 0 Å². The molecule has 1 atom stereocenters. The smallest absolute Gasteiger partial charge is 0.211 e. The molecule has 0 spiro atoms. The van der Waals surface area contributed by atoms with Crippen molar-refractivity contribution >= 4 is 19.9 Å². The summed E-state index contributed by atoms with van der Waals surface area (Å²) in [6, 6.07) is 13.1. The van der Waals surface area contributed by atoms with Crippen LogP contribution < -0.4 is 4.74 Å². The van der Waals surface area contributed by atoms with Crippen molar-refractivity contribution in [1.29, 1.82) is 0 Å². The third-order valence-corrected chi connectivity index (χ3v) is 7.51. The number of likely N-dealkylation sites (N-methyl/N-ethyl adjacent to an activating group) is 1. The van der Waals surface area contributed by atoms with Crippen molar-refractivity contribution in [2.24, 2.45) is 0 Å². The van der Waals surface area contributed by atoms with Crippen LogP contribution in [0.15, 0.2) is 58.3 Å². The molecular formula is C18H21NO5S2. The Kier molecular flexibility index (Phi) is 5.09. The fraction of sp³-hybridized carbons (Fsp3) is 0.333. The predicted molar refractivity (Wildman–Crippen MR) is 98.5 cm³/mol. The predicted octanol–water partition coefficient (Wildman–Crippen LogP) is 2.10. The summed E-state index contributed by atoms with van der Waals surface area (Å²) in [4.78, 5) is 0.392. The number of ether oxygens (including phenoxy) is 1. The molecular weight excluding hydrogens is 374 g/mol. The molecule has 0 bridgehead atoms. The molecule has 1 unspecified atom stereocenters. The summed E-state index contributed by atoms with van der Waals surface area (Å²) in [6.07, 6.45) is 2.23. The Morgan fingerprint density at radius 2 is 1.73 bits per heavy atom. The quantitative estimate of drug-likeness (QED) is 0.775. The van der Waals surface area contributed by atoms with Crippen LogP contribution in [-0.4, -0.2) is 47.1 Å². The van der Waals surface area contributed by atoms with Crippen LogP contribution in [0, 0.1) is 0 Å². The van der Waals surface area contributed by atoms with Crippen LogP contribution in [0.5, 0.6) is 5.75 Å². The average Bonchev–Trinajstić information content (AvgIpc) is 2.61. The van der Waals surface area contributed by atoms with Gasteiger partial charge in [0, 0.05) is 7.05 Å². The van der Waals surface area contributed by atoms with Gasteiger partial charge in [0.1, 0.15) is 11.9 Å². The van der Waals surface area contributed by atoms with E-state index in [1.165, 1.54) is 17.4 Å². The second-order valence-corrected chi connectivity index (χ2v) is 10.4. The third-order valence-electron chi connectivity index (χ3n) is 4.46. The number of hydrogen-bond donors (Lipinski definition) is 0. The number of hydrogen-bond acceptors (Lipinski definition) is 5. The van der Waals surface area contributed by atoms with Crippen LogP contribution >= 0.6 is 0 Å². The van der Waals surface area contributed by atoms with Crippen LogP contribution in [0.4, 0.5) is 0 Å². The lowest BCUT2D eigenvalue weighted by molar-refractivity contribution is 0.152. The van der Waals surface area contributed by atoms with E-state index in [9.17, 15) is 16.8 Å². The van der Waals surface area contributed by atoms with Gasteiger partial charge >= 0.3 is 0 Å². The molecule has 1 aliphatic rings. The van der Waals surface area contributed by atoms with Crippen molar-refractivity contribution in [3.05, 3.63) is 54.1 Å². The number of rotatable bonds is 5. The molecule has 1 heterocycles. The van der Waals surface area contributed by atoms with Gasteiger partial charge in [0.25, 0.3) is 0 Å². The van der Waals surface area contributed by atoms with Crippen molar-refractivity contribution in [2.45, 2.75) is 28.7 Å². The molecule has 2 aromatic rings. The fourth-order valence-corrected chi connectivity index (χ4v) is 4.59. The molecule has 6 nitrogen and oxygen atoms in total. The Labute approximate surface area is 154 Å². The van der Waals surface area contributed by atoms with E-state index in [-0.39, 0.29) is 22.4 Å². The van der Waals surface area contributed by atoms with Crippen molar-refractivity contribution in [1.82, 2.24) is 4.31 Å². The minimum Gasteiger partial charge on any atom is -0.489 e. The number of sulfone groups is 1. The van der Waals surface area contributed by atoms with Gasteiger partial charge in [-0.1, -0.05) is 24.3 Å². The van der Waals surface area contributed by atoms with Gasteiger partial charge in [0.2, 0.25) is 19.9 Å². The lowest BCUT2D eigenvalue weighted by Gasteiger charge is -2.29. The number of sulfonamides is 1. The summed E-state index contributed by atoms with van der Waals surface area (Å²) >= 11 is 0. The monoisotopic (exact) mass is 395 g/mol. The first-order chi connectivity index (χ1) is 12.2. The molecule has 0 radical (unpaired) electrons. The maximum Gasteiger partial charge on any atom is 0.211 e. The molecule has 0 saturated heterocycles. The minimum atomic E-state index is -3.62. The molecule has 0 aliphatic carbocycles. The Morgan fingerprint density at radius 3 is 2.38 bits per heavy atom. The highest BCUT2D eigenvalue weighted by molar-refractivity contribution is 7.91. The van der Waals surface area contributed by atoms with E-state index in [0.717, 1.165) is 11.8 Å². The zero-order chi connectivity index (χ0) is 18.9. The van der Waals surface area contributed by atoms with E-state index in [1.807, 2.05) is 0 Å². The van der Waals surface area contributed by atoms with Crippen LogP contribution in [0.2, 0.25) is 0 Å². The summed E-state index contributed by atoms with van der Waals surface area (Å²) in [5, 5.41) is 0. The van der Waals surface area contributed by atoms with Crippen molar-refractivity contribution in [2.75, 3.05) is 19.8 Å². The van der Waals surface area contributed by atoms with E-state index in [0.29, 0.717) is 18.6 Å². The number of fused-ring (bicyclic) bond motifs is 1. The molecule has 0 amide bonds. The minimum absolute atomic E-state index is 0.166. The third kappa shape index (κ3) is 3.92. The summed E-state index contributed by atoms with van der Waals surface area (Å²) in [7, 11) is -5.41. The lowest BCUT2D eigenvalue weighted by Crippen LogP contribution is -2.38. The van der Waals surface area contributed by atoms with Gasteiger partial charge in [0.05, 0.1) is 22.6 Å². The van der Waals surface area contributed by atoms with E-state index < -0.39 is 19.9 Å². The van der Waals surface area contributed by atoms with Gasteiger partial charge < -0.3 is 4.74 Å². The first-order valence-electron chi connectivity index (χ1n) is 8.19.